The van der Waals surface area contributed by atoms with E-state index in [2.05, 4.69) is 0 Å². The Kier molecular flexibility index (Phi) is 2.38. The van der Waals surface area contributed by atoms with Crippen molar-refractivity contribution in [3.63, 3.8) is 0 Å². The molecule has 9 heavy (non-hydrogen) atoms. The molecule has 0 aromatic carbocycles. The predicted molar refractivity (Wildman–Crippen MR) is 38.1 cm³/mol. The van der Waals surface area contributed by atoms with Crippen LogP contribution in [0.2, 0.25) is 0 Å². The molecule has 0 fully saturated rings. The minimum atomic E-state index is -0.369. The second kappa shape index (κ2) is 2.48. The molecule has 0 saturated heterocycles. The van der Waals surface area contributed by atoms with Gasteiger partial charge in [-0.1, -0.05) is 6.92 Å². The van der Waals surface area contributed by atoms with Crippen molar-refractivity contribution in [2.45, 2.75) is 33.2 Å². The van der Waals surface area contributed by atoms with Crippen LogP contribution in [0.4, 0.5) is 0 Å². The van der Waals surface area contributed by atoms with Gasteiger partial charge in [0, 0.05) is 11.5 Å². The number of ketones is 1. The van der Waals surface area contributed by atoms with Crippen LogP contribution in [0.3, 0.4) is 0 Å². The number of carbonyl (C=O) groups excluding carboxylic acids is 1. The Hall–Kier alpha value is -0.370. The summed E-state index contributed by atoms with van der Waals surface area (Å²) in [6, 6.07) is 0. The van der Waals surface area contributed by atoms with Crippen molar-refractivity contribution in [2.75, 3.05) is 0 Å². The Morgan fingerprint density at radius 1 is 1.56 bits per heavy atom. The lowest BCUT2D eigenvalue weighted by atomic mass is 9.87. The minimum absolute atomic E-state index is 0.0440. The van der Waals surface area contributed by atoms with Gasteiger partial charge in [-0.2, -0.15) is 0 Å². The number of rotatable bonds is 2. The van der Waals surface area contributed by atoms with Gasteiger partial charge in [0.25, 0.3) is 0 Å². The molecule has 0 aromatic rings. The van der Waals surface area contributed by atoms with E-state index in [9.17, 15) is 4.79 Å². The lowest BCUT2D eigenvalue weighted by Gasteiger charge is -2.24. The van der Waals surface area contributed by atoms with Crippen molar-refractivity contribution < 1.29 is 4.79 Å². The molecule has 2 nitrogen and oxygen atoms in total. The SMILES string of the molecule is CC(=O)[C@@H](C)C(C)(C)N. The van der Waals surface area contributed by atoms with Crippen molar-refractivity contribution in [1.82, 2.24) is 0 Å². The Balaban J connectivity index is 4.04. The zero-order chi connectivity index (χ0) is 7.65. The first-order valence-electron chi connectivity index (χ1n) is 3.15. The Labute approximate surface area is 56.4 Å². The van der Waals surface area contributed by atoms with Crippen LogP contribution in [0.5, 0.6) is 0 Å². The molecule has 0 radical (unpaired) electrons. The third-order valence-electron chi connectivity index (χ3n) is 1.73. The van der Waals surface area contributed by atoms with Crippen molar-refractivity contribution in [3.05, 3.63) is 0 Å². The van der Waals surface area contributed by atoms with Gasteiger partial charge in [-0.3, -0.25) is 4.79 Å². The van der Waals surface area contributed by atoms with E-state index in [0.29, 0.717) is 0 Å². The molecule has 0 aliphatic carbocycles. The van der Waals surface area contributed by atoms with Crippen molar-refractivity contribution in [3.8, 4) is 0 Å². The number of hydrogen-bond donors (Lipinski definition) is 1. The van der Waals surface area contributed by atoms with Crippen LogP contribution in [-0.4, -0.2) is 11.3 Å². The van der Waals surface area contributed by atoms with Gasteiger partial charge in [-0.15, -0.1) is 0 Å². The van der Waals surface area contributed by atoms with E-state index < -0.39 is 0 Å². The van der Waals surface area contributed by atoms with Gasteiger partial charge in [-0.05, 0) is 20.8 Å². The third kappa shape index (κ3) is 2.61. The Morgan fingerprint density at radius 3 is 1.89 bits per heavy atom. The van der Waals surface area contributed by atoms with Crippen LogP contribution in [0, 0.1) is 5.92 Å². The maximum absolute atomic E-state index is 10.7. The quantitative estimate of drug-likeness (QED) is 0.603. The summed E-state index contributed by atoms with van der Waals surface area (Å²) >= 11 is 0. The third-order valence-corrected chi connectivity index (χ3v) is 1.73. The highest BCUT2D eigenvalue weighted by molar-refractivity contribution is 5.79. The number of hydrogen-bond acceptors (Lipinski definition) is 2. The average Bonchev–Trinajstić information content (AvgIpc) is 1.62. The van der Waals surface area contributed by atoms with Gasteiger partial charge < -0.3 is 5.73 Å². The minimum Gasteiger partial charge on any atom is -0.325 e. The Morgan fingerprint density at radius 2 is 1.89 bits per heavy atom. The largest absolute Gasteiger partial charge is 0.325 e. The van der Waals surface area contributed by atoms with Gasteiger partial charge in [0.1, 0.15) is 5.78 Å². The maximum atomic E-state index is 10.7. The van der Waals surface area contributed by atoms with Crippen molar-refractivity contribution in [2.24, 2.45) is 11.7 Å². The summed E-state index contributed by atoms with van der Waals surface area (Å²) in [5.74, 6) is 0.111. The van der Waals surface area contributed by atoms with Gasteiger partial charge in [0.15, 0.2) is 0 Å². The van der Waals surface area contributed by atoms with Crippen molar-refractivity contribution >= 4 is 5.78 Å². The van der Waals surface area contributed by atoms with E-state index in [-0.39, 0.29) is 17.2 Å². The molecule has 54 valence electrons. The average molecular weight is 129 g/mol. The summed E-state index contributed by atoms with van der Waals surface area (Å²) < 4.78 is 0. The molecule has 1 atom stereocenters. The molecule has 0 saturated carbocycles. The summed E-state index contributed by atoms with van der Waals surface area (Å²) in [5, 5.41) is 0. The molecule has 0 bridgehead atoms. The van der Waals surface area contributed by atoms with E-state index in [1.54, 1.807) is 6.92 Å². The summed E-state index contributed by atoms with van der Waals surface area (Å²) in [6.45, 7) is 7.14. The summed E-state index contributed by atoms with van der Waals surface area (Å²) in [4.78, 5) is 10.7. The van der Waals surface area contributed by atoms with Gasteiger partial charge >= 0.3 is 0 Å². The molecule has 0 amide bonds. The molecular formula is C7H15NO. The van der Waals surface area contributed by atoms with E-state index in [4.69, 9.17) is 5.73 Å². The fourth-order valence-corrected chi connectivity index (χ4v) is 0.524. The zero-order valence-electron chi connectivity index (χ0n) is 6.56. The van der Waals surface area contributed by atoms with Gasteiger partial charge in [0.2, 0.25) is 0 Å². The fourth-order valence-electron chi connectivity index (χ4n) is 0.524. The molecule has 0 aromatic heterocycles. The molecule has 2 heteroatoms. The van der Waals surface area contributed by atoms with Crippen LogP contribution >= 0.6 is 0 Å². The normalized spacial score (nSPS) is 15.2. The molecule has 2 N–H and O–H groups in total. The van der Waals surface area contributed by atoms with Crippen molar-refractivity contribution in [1.29, 1.82) is 0 Å². The van der Waals surface area contributed by atoms with Gasteiger partial charge in [-0.25, -0.2) is 0 Å². The molecular weight excluding hydrogens is 114 g/mol. The lowest BCUT2D eigenvalue weighted by Crippen LogP contribution is -2.42. The Bertz CT molecular complexity index is 113. The maximum Gasteiger partial charge on any atom is 0.134 e. The second-order valence-electron chi connectivity index (χ2n) is 3.15. The fraction of sp³-hybridized carbons (Fsp3) is 0.857. The molecule has 0 aliphatic rings. The lowest BCUT2D eigenvalue weighted by molar-refractivity contribution is -0.121. The first-order valence-corrected chi connectivity index (χ1v) is 3.15. The highest BCUT2D eigenvalue weighted by Crippen LogP contribution is 2.12. The number of nitrogens with two attached hydrogens (primary N) is 1. The standard InChI is InChI=1S/C7H15NO/c1-5(6(2)9)7(3,4)8/h5H,8H2,1-4H3/t5-/m1/s1. The molecule has 0 aliphatic heterocycles. The van der Waals surface area contributed by atoms with Crippen LogP contribution < -0.4 is 5.73 Å². The van der Waals surface area contributed by atoms with Gasteiger partial charge in [0.05, 0.1) is 0 Å². The predicted octanol–water partition coefficient (Wildman–Crippen LogP) is 0.949. The topological polar surface area (TPSA) is 43.1 Å². The first kappa shape index (κ1) is 8.63. The monoisotopic (exact) mass is 129 g/mol. The van der Waals surface area contributed by atoms with E-state index in [1.165, 1.54) is 0 Å². The molecule has 0 unspecified atom stereocenters. The number of Topliss-reactive ketones (excluding diaryl/α,β-unsaturated/α-hetero) is 1. The van der Waals surface area contributed by atoms with Crippen LogP contribution in [0.1, 0.15) is 27.7 Å². The first-order chi connectivity index (χ1) is 3.85. The zero-order valence-corrected chi connectivity index (χ0v) is 6.56. The summed E-state index contributed by atoms with van der Waals surface area (Å²) in [6.07, 6.45) is 0. The molecule has 0 spiro atoms. The highest BCUT2D eigenvalue weighted by Gasteiger charge is 2.23. The molecule has 0 rings (SSSR count). The summed E-state index contributed by atoms with van der Waals surface area (Å²) in [7, 11) is 0. The molecule has 0 heterocycles. The van der Waals surface area contributed by atoms with E-state index in [0.717, 1.165) is 0 Å². The smallest absolute Gasteiger partial charge is 0.134 e. The van der Waals surface area contributed by atoms with Crippen LogP contribution in [0.15, 0.2) is 0 Å². The second-order valence-corrected chi connectivity index (χ2v) is 3.15. The van der Waals surface area contributed by atoms with E-state index >= 15 is 0 Å². The highest BCUT2D eigenvalue weighted by atomic mass is 16.1. The van der Waals surface area contributed by atoms with E-state index in [1.807, 2.05) is 20.8 Å². The van der Waals surface area contributed by atoms with Crippen LogP contribution in [0.25, 0.3) is 0 Å². The van der Waals surface area contributed by atoms with Crippen LogP contribution in [-0.2, 0) is 4.79 Å². The number of carbonyl (C=O) groups is 1. The summed E-state index contributed by atoms with van der Waals surface area (Å²) in [5.41, 5.74) is 5.29.